The van der Waals surface area contributed by atoms with E-state index in [1.807, 2.05) is 13.0 Å². The minimum atomic E-state index is -0.350. The number of carbonyl (C=O) groups excluding carboxylic acids is 1. The van der Waals surface area contributed by atoms with Crippen LogP contribution in [0.2, 0.25) is 5.15 Å². The van der Waals surface area contributed by atoms with Crippen LogP contribution in [0, 0.1) is 0 Å². The zero-order chi connectivity index (χ0) is 15.9. The van der Waals surface area contributed by atoms with E-state index in [2.05, 4.69) is 15.3 Å². The van der Waals surface area contributed by atoms with Crippen molar-refractivity contribution in [3.8, 4) is 11.6 Å². The van der Waals surface area contributed by atoms with E-state index in [1.165, 1.54) is 6.20 Å². The maximum Gasteiger partial charge on any atom is 0.258 e. The van der Waals surface area contributed by atoms with Gasteiger partial charge in [0.05, 0.1) is 13.7 Å². The van der Waals surface area contributed by atoms with Crippen LogP contribution in [-0.2, 0) is 6.54 Å². The lowest BCUT2D eigenvalue weighted by atomic mass is 10.2. The molecule has 22 heavy (non-hydrogen) atoms. The summed E-state index contributed by atoms with van der Waals surface area (Å²) in [6.45, 7) is 2.58. The van der Waals surface area contributed by atoms with Gasteiger partial charge in [-0.25, -0.2) is 9.97 Å². The molecular formula is C15H16ClN3O3. The van der Waals surface area contributed by atoms with Crippen molar-refractivity contribution in [1.82, 2.24) is 15.3 Å². The van der Waals surface area contributed by atoms with E-state index in [-0.39, 0.29) is 16.6 Å². The maximum absolute atomic E-state index is 12.3. The molecule has 0 aliphatic carbocycles. The number of amides is 1. The molecule has 0 saturated carbocycles. The second kappa shape index (κ2) is 7.61. The van der Waals surface area contributed by atoms with Gasteiger partial charge in [0, 0.05) is 25.0 Å². The molecule has 116 valence electrons. The van der Waals surface area contributed by atoms with Crippen LogP contribution < -0.4 is 14.8 Å². The van der Waals surface area contributed by atoms with Crippen LogP contribution in [-0.4, -0.2) is 29.6 Å². The highest BCUT2D eigenvalue weighted by molar-refractivity contribution is 6.33. The summed E-state index contributed by atoms with van der Waals surface area (Å²) in [4.78, 5) is 20.3. The largest absolute Gasteiger partial charge is 0.493 e. The Morgan fingerprint density at radius 2 is 2.14 bits per heavy atom. The fourth-order valence-electron chi connectivity index (χ4n) is 1.81. The smallest absolute Gasteiger partial charge is 0.258 e. The first-order valence-electron chi connectivity index (χ1n) is 6.70. The zero-order valence-electron chi connectivity index (χ0n) is 12.3. The first kappa shape index (κ1) is 16.0. The summed E-state index contributed by atoms with van der Waals surface area (Å²) < 4.78 is 10.4. The molecule has 0 aliphatic heterocycles. The molecule has 0 saturated heterocycles. The van der Waals surface area contributed by atoms with E-state index in [4.69, 9.17) is 21.1 Å². The lowest BCUT2D eigenvalue weighted by molar-refractivity contribution is 0.0947. The Hall–Kier alpha value is -2.34. The van der Waals surface area contributed by atoms with Crippen molar-refractivity contribution in [2.24, 2.45) is 0 Å². The van der Waals surface area contributed by atoms with Crippen molar-refractivity contribution in [2.75, 3.05) is 13.7 Å². The van der Waals surface area contributed by atoms with Gasteiger partial charge in [0.2, 0.25) is 5.88 Å². The summed E-state index contributed by atoms with van der Waals surface area (Å²) in [5, 5.41) is 2.88. The number of methoxy groups -OCH3 is 1. The lowest BCUT2D eigenvalue weighted by Crippen LogP contribution is -2.24. The molecule has 2 aromatic rings. The maximum atomic E-state index is 12.3. The summed E-state index contributed by atoms with van der Waals surface area (Å²) in [5.74, 6) is 0.578. The zero-order valence-corrected chi connectivity index (χ0v) is 13.1. The van der Waals surface area contributed by atoms with Gasteiger partial charge in [-0.15, -0.1) is 0 Å². The predicted molar refractivity (Wildman–Crippen MR) is 82.4 cm³/mol. The van der Waals surface area contributed by atoms with Crippen molar-refractivity contribution >= 4 is 17.5 Å². The van der Waals surface area contributed by atoms with Crippen LogP contribution in [0.1, 0.15) is 22.8 Å². The Balaban J connectivity index is 2.08. The van der Waals surface area contributed by atoms with E-state index in [0.29, 0.717) is 24.8 Å². The fourth-order valence-corrected chi connectivity index (χ4v) is 2.04. The molecule has 2 heterocycles. The third-order valence-electron chi connectivity index (χ3n) is 2.85. The number of carbonyl (C=O) groups is 1. The number of nitrogens with zero attached hydrogens (tertiary/aromatic N) is 2. The summed E-state index contributed by atoms with van der Waals surface area (Å²) >= 11 is 6.00. The third-order valence-corrected chi connectivity index (χ3v) is 3.14. The van der Waals surface area contributed by atoms with Crippen LogP contribution in [0.15, 0.2) is 30.6 Å². The molecule has 0 aromatic carbocycles. The minimum absolute atomic E-state index is 0.108. The van der Waals surface area contributed by atoms with Gasteiger partial charge in [-0.3, -0.25) is 4.79 Å². The van der Waals surface area contributed by atoms with Gasteiger partial charge in [-0.05, 0) is 18.6 Å². The average Bonchev–Trinajstić information content (AvgIpc) is 2.53. The standard InChI is InChI=1S/C15H16ClN3O3/c1-3-22-11-6-7-17-14(16)13(11)15(20)19-9-10-4-5-12(21-2)18-8-10/h4-8H,3,9H2,1-2H3,(H,19,20). The topological polar surface area (TPSA) is 73.3 Å². The highest BCUT2D eigenvalue weighted by atomic mass is 35.5. The SMILES string of the molecule is CCOc1ccnc(Cl)c1C(=O)NCc1ccc(OC)nc1. The van der Waals surface area contributed by atoms with Gasteiger partial charge >= 0.3 is 0 Å². The van der Waals surface area contributed by atoms with Crippen molar-refractivity contribution in [1.29, 1.82) is 0 Å². The molecule has 0 fully saturated rings. The van der Waals surface area contributed by atoms with Crippen LogP contribution in [0.3, 0.4) is 0 Å². The molecule has 7 heteroatoms. The quantitative estimate of drug-likeness (QED) is 0.827. The second-order valence-corrected chi connectivity index (χ2v) is 4.66. The Morgan fingerprint density at radius 1 is 1.32 bits per heavy atom. The van der Waals surface area contributed by atoms with E-state index >= 15 is 0 Å². The number of rotatable bonds is 6. The first-order valence-corrected chi connectivity index (χ1v) is 7.08. The Labute approximate surface area is 133 Å². The summed E-state index contributed by atoms with van der Waals surface area (Å²) in [6, 6.07) is 5.16. The van der Waals surface area contributed by atoms with Gasteiger partial charge in [-0.1, -0.05) is 17.7 Å². The van der Waals surface area contributed by atoms with Crippen LogP contribution in [0.4, 0.5) is 0 Å². The normalized spacial score (nSPS) is 10.1. The molecule has 0 atom stereocenters. The number of halogens is 1. The van der Waals surface area contributed by atoms with Crippen LogP contribution in [0.5, 0.6) is 11.6 Å². The highest BCUT2D eigenvalue weighted by Crippen LogP contribution is 2.24. The summed E-state index contributed by atoms with van der Waals surface area (Å²) in [6.07, 6.45) is 3.13. The Morgan fingerprint density at radius 3 is 2.77 bits per heavy atom. The van der Waals surface area contributed by atoms with E-state index in [0.717, 1.165) is 5.56 Å². The fraction of sp³-hybridized carbons (Fsp3) is 0.267. The second-order valence-electron chi connectivity index (χ2n) is 4.30. The molecule has 6 nitrogen and oxygen atoms in total. The van der Waals surface area contributed by atoms with Crippen molar-refractivity contribution in [2.45, 2.75) is 13.5 Å². The molecule has 0 spiro atoms. The van der Waals surface area contributed by atoms with Gasteiger partial charge < -0.3 is 14.8 Å². The molecule has 1 amide bonds. The molecule has 0 aliphatic rings. The predicted octanol–water partition coefficient (Wildman–Crippen LogP) is 2.47. The Kier molecular flexibility index (Phi) is 5.55. The molecule has 2 aromatic heterocycles. The number of hydrogen-bond donors (Lipinski definition) is 1. The van der Waals surface area contributed by atoms with Crippen LogP contribution in [0.25, 0.3) is 0 Å². The number of nitrogens with one attached hydrogen (secondary N) is 1. The number of pyridine rings is 2. The Bertz CT molecular complexity index is 647. The van der Waals surface area contributed by atoms with E-state index in [1.54, 1.807) is 25.4 Å². The monoisotopic (exact) mass is 321 g/mol. The van der Waals surface area contributed by atoms with Gasteiger partial charge in [0.15, 0.2) is 0 Å². The highest BCUT2D eigenvalue weighted by Gasteiger charge is 2.17. The van der Waals surface area contributed by atoms with Gasteiger partial charge in [-0.2, -0.15) is 0 Å². The number of hydrogen-bond acceptors (Lipinski definition) is 5. The van der Waals surface area contributed by atoms with Crippen LogP contribution >= 0.6 is 11.6 Å². The molecule has 2 rings (SSSR count). The van der Waals surface area contributed by atoms with E-state index in [9.17, 15) is 4.79 Å². The van der Waals surface area contributed by atoms with Crippen molar-refractivity contribution in [3.63, 3.8) is 0 Å². The summed E-state index contributed by atoms with van der Waals surface area (Å²) in [5.41, 5.74) is 1.07. The van der Waals surface area contributed by atoms with E-state index < -0.39 is 0 Å². The van der Waals surface area contributed by atoms with Gasteiger partial charge in [0.1, 0.15) is 16.5 Å². The average molecular weight is 322 g/mol. The van der Waals surface area contributed by atoms with Gasteiger partial charge in [0.25, 0.3) is 5.91 Å². The minimum Gasteiger partial charge on any atom is -0.493 e. The molecule has 0 unspecified atom stereocenters. The molecule has 0 radical (unpaired) electrons. The number of ether oxygens (including phenoxy) is 2. The molecule has 0 bridgehead atoms. The molecule has 1 N–H and O–H groups in total. The van der Waals surface area contributed by atoms with Crippen molar-refractivity contribution < 1.29 is 14.3 Å². The van der Waals surface area contributed by atoms with Crippen molar-refractivity contribution in [3.05, 3.63) is 46.9 Å². The number of aromatic nitrogens is 2. The lowest BCUT2D eigenvalue weighted by Gasteiger charge is -2.11. The molecular weight excluding hydrogens is 306 g/mol. The third kappa shape index (κ3) is 3.85. The summed E-state index contributed by atoms with van der Waals surface area (Å²) in [7, 11) is 1.55. The first-order chi connectivity index (χ1) is 10.7.